The largest absolute Gasteiger partial charge is 0.375 e. The molecule has 0 atom stereocenters. The lowest BCUT2D eigenvalue weighted by Gasteiger charge is -2.25. The Hall–Kier alpha value is -1.47. The number of nitrogen functional groups attached to an aromatic ring is 1. The van der Waals surface area contributed by atoms with Crippen molar-refractivity contribution < 1.29 is 4.79 Å². The molecule has 0 radical (unpaired) electrons. The summed E-state index contributed by atoms with van der Waals surface area (Å²) >= 11 is 2.70. The summed E-state index contributed by atoms with van der Waals surface area (Å²) in [7, 11) is 0. The number of carbonyl (C=O) groups excluding carboxylic acids is 1. The second-order valence-corrected chi connectivity index (χ2v) is 5.72. The highest BCUT2D eigenvalue weighted by atomic mass is 32.1. The second-order valence-electron chi connectivity index (χ2n) is 3.78. The van der Waals surface area contributed by atoms with Crippen molar-refractivity contribution in [3.05, 3.63) is 27.7 Å². The number of hydrogen-bond donors (Lipinski definition) is 1. The number of hydrogen-bond acceptors (Lipinski definition) is 6. The van der Waals surface area contributed by atoms with Crippen molar-refractivity contribution in [2.75, 3.05) is 12.3 Å². The molecule has 3 rings (SSSR count). The molecule has 5 nitrogen and oxygen atoms in total. The van der Waals surface area contributed by atoms with Crippen LogP contribution in [-0.4, -0.2) is 26.7 Å². The number of nitrogens with two attached hydrogens (primary N) is 1. The molecule has 17 heavy (non-hydrogen) atoms. The predicted octanol–water partition coefficient (Wildman–Crippen LogP) is 1.38. The molecule has 1 aliphatic rings. The van der Waals surface area contributed by atoms with Crippen LogP contribution in [0.15, 0.2) is 12.3 Å². The second kappa shape index (κ2) is 4.08. The van der Waals surface area contributed by atoms with Crippen molar-refractivity contribution in [2.45, 2.75) is 13.0 Å². The van der Waals surface area contributed by atoms with Crippen LogP contribution in [0.3, 0.4) is 0 Å². The molecule has 0 spiro atoms. The van der Waals surface area contributed by atoms with Gasteiger partial charge in [-0.3, -0.25) is 4.79 Å². The zero-order valence-corrected chi connectivity index (χ0v) is 10.6. The van der Waals surface area contributed by atoms with Crippen LogP contribution in [0.5, 0.6) is 0 Å². The topological polar surface area (TPSA) is 72.1 Å². The molecule has 88 valence electrons. The van der Waals surface area contributed by atoms with Crippen LogP contribution < -0.4 is 5.73 Å². The Morgan fingerprint density at radius 2 is 2.41 bits per heavy atom. The number of rotatable bonds is 1. The highest BCUT2D eigenvalue weighted by molar-refractivity contribution is 7.15. The van der Waals surface area contributed by atoms with E-state index >= 15 is 0 Å². The first kappa shape index (κ1) is 10.7. The fourth-order valence-corrected chi connectivity index (χ4v) is 3.33. The van der Waals surface area contributed by atoms with Crippen molar-refractivity contribution in [3.63, 3.8) is 0 Å². The lowest BCUT2D eigenvalue weighted by atomic mass is 10.2. The quantitative estimate of drug-likeness (QED) is 0.846. The number of aromatic nitrogens is 2. The summed E-state index contributed by atoms with van der Waals surface area (Å²) in [5.41, 5.74) is 6.71. The van der Waals surface area contributed by atoms with E-state index in [0.717, 1.165) is 17.0 Å². The van der Waals surface area contributed by atoms with Gasteiger partial charge in [0.05, 0.1) is 12.2 Å². The molecule has 2 aromatic heterocycles. The molecule has 0 aromatic carbocycles. The third-order valence-corrected chi connectivity index (χ3v) is 4.33. The Bertz CT molecular complexity index is 549. The Morgan fingerprint density at radius 1 is 1.53 bits per heavy atom. The van der Waals surface area contributed by atoms with Gasteiger partial charge in [0.15, 0.2) is 5.13 Å². The third-order valence-electron chi connectivity index (χ3n) is 2.68. The summed E-state index contributed by atoms with van der Waals surface area (Å²) in [6.07, 6.45) is 2.44. The van der Waals surface area contributed by atoms with E-state index in [0.29, 0.717) is 23.1 Å². The van der Waals surface area contributed by atoms with Gasteiger partial charge in [-0.2, -0.15) is 0 Å². The number of thiazole rings is 1. The monoisotopic (exact) mass is 266 g/mol. The standard InChI is InChI=1S/C10H10N4OS2/c11-10-13-6-2-4-14(5-8(6)16-10)9(15)7-1-3-12-17-7/h1,3H,2,4-5H2,(H2,11,13). The number of fused-ring (bicyclic) bond motifs is 1. The SMILES string of the molecule is Nc1nc2c(s1)CN(C(=O)c1ccns1)CC2. The van der Waals surface area contributed by atoms with Gasteiger partial charge < -0.3 is 10.6 Å². The molecular formula is C10H10N4OS2. The molecule has 0 fully saturated rings. The van der Waals surface area contributed by atoms with Crippen molar-refractivity contribution >= 4 is 33.9 Å². The lowest BCUT2D eigenvalue weighted by Crippen LogP contribution is -2.35. The number of anilines is 1. The van der Waals surface area contributed by atoms with E-state index in [2.05, 4.69) is 9.36 Å². The van der Waals surface area contributed by atoms with E-state index in [4.69, 9.17) is 5.73 Å². The maximum absolute atomic E-state index is 12.1. The molecule has 0 aliphatic carbocycles. The molecule has 0 bridgehead atoms. The Balaban J connectivity index is 1.82. The fraction of sp³-hybridized carbons (Fsp3) is 0.300. The number of nitrogens with zero attached hydrogens (tertiary/aromatic N) is 3. The van der Waals surface area contributed by atoms with Crippen LogP contribution in [0, 0.1) is 0 Å². The van der Waals surface area contributed by atoms with Gasteiger partial charge in [-0.25, -0.2) is 9.36 Å². The average Bonchev–Trinajstić information content (AvgIpc) is 2.94. The summed E-state index contributed by atoms with van der Waals surface area (Å²) in [6.45, 7) is 1.31. The van der Waals surface area contributed by atoms with Crippen molar-refractivity contribution in [3.8, 4) is 0 Å². The third kappa shape index (κ3) is 1.91. The maximum atomic E-state index is 12.1. The minimum Gasteiger partial charge on any atom is -0.375 e. The fourth-order valence-electron chi connectivity index (χ4n) is 1.87. The van der Waals surface area contributed by atoms with Crippen LogP contribution in [-0.2, 0) is 13.0 Å². The molecule has 7 heteroatoms. The van der Waals surface area contributed by atoms with E-state index in [9.17, 15) is 4.79 Å². The van der Waals surface area contributed by atoms with Gasteiger partial charge in [-0.05, 0) is 17.6 Å². The molecule has 2 aromatic rings. The van der Waals surface area contributed by atoms with Gasteiger partial charge in [0.2, 0.25) is 0 Å². The zero-order chi connectivity index (χ0) is 11.8. The minimum atomic E-state index is 0.0464. The summed E-state index contributed by atoms with van der Waals surface area (Å²) in [5, 5.41) is 0.585. The molecule has 1 aliphatic heterocycles. The van der Waals surface area contributed by atoms with Gasteiger partial charge in [0.1, 0.15) is 4.88 Å². The smallest absolute Gasteiger partial charge is 0.265 e. The highest BCUT2D eigenvalue weighted by Gasteiger charge is 2.25. The van der Waals surface area contributed by atoms with Gasteiger partial charge >= 0.3 is 0 Å². The zero-order valence-electron chi connectivity index (χ0n) is 8.92. The summed E-state index contributed by atoms with van der Waals surface area (Å²) < 4.78 is 3.95. The normalized spacial score (nSPS) is 14.7. The van der Waals surface area contributed by atoms with E-state index < -0.39 is 0 Å². The van der Waals surface area contributed by atoms with Gasteiger partial charge in [0.25, 0.3) is 5.91 Å². The molecule has 2 N–H and O–H groups in total. The average molecular weight is 266 g/mol. The van der Waals surface area contributed by atoms with Gasteiger partial charge in [-0.15, -0.1) is 11.3 Å². The Morgan fingerprint density at radius 3 is 3.18 bits per heavy atom. The maximum Gasteiger partial charge on any atom is 0.265 e. The van der Waals surface area contributed by atoms with Gasteiger partial charge in [0, 0.05) is 24.0 Å². The number of amides is 1. The van der Waals surface area contributed by atoms with Crippen LogP contribution >= 0.6 is 22.9 Å². The van der Waals surface area contributed by atoms with Crippen molar-refractivity contribution in [1.29, 1.82) is 0 Å². The van der Waals surface area contributed by atoms with Crippen LogP contribution in [0.2, 0.25) is 0 Å². The summed E-state index contributed by atoms with van der Waals surface area (Å²) in [5.74, 6) is 0.0464. The van der Waals surface area contributed by atoms with E-state index in [1.807, 2.05) is 4.90 Å². The van der Waals surface area contributed by atoms with E-state index in [1.165, 1.54) is 22.9 Å². The molecule has 0 unspecified atom stereocenters. The molecule has 0 saturated heterocycles. The molecule has 3 heterocycles. The molecule has 0 saturated carbocycles. The van der Waals surface area contributed by atoms with E-state index in [-0.39, 0.29) is 5.91 Å². The van der Waals surface area contributed by atoms with Crippen LogP contribution in [0.1, 0.15) is 20.2 Å². The van der Waals surface area contributed by atoms with Crippen molar-refractivity contribution in [2.24, 2.45) is 0 Å². The molecule has 1 amide bonds. The van der Waals surface area contributed by atoms with Crippen LogP contribution in [0.25, 0.3) is 0 Å². The Labute approximate surface area is 106 Å². The highest BCUT2D eigenvalue weighted by Crippen LogP contribution is 2.27. The van der Waals surface area contributed by atoms with Crippen molar-refractivity contribution in [1.82, 2.24) is 14.3 Å². The first-order valence-electron chi connectivity index (χ1n) is 5.18. The predicted molar refractivity (Wildman–Crippen MR) is 67.1 cm³/mol. The summed E-state index contributed by atoms with van der Waals surface area (Å²) in [6, 6.07) is 1.75. The minimum absolute atomic E-state index is 0.0464. The first-order valence-corrected chi connectivity index (χ1v) is 6.77. The Kier molecular flexibility index (Phi) is 2.56. The van der Waals surface area contributed by atoms with E-state index in [1.54, 1.807) is 12.3 Å². The molecular weight excluding hydrogens is 256 g/mol. The first-order chi connectivity index (χ1) is 8.24. The van der Waals surface area contributed by atoms with Gasteiger partial charge in [-0.1, -0.05) is 0 Å². The summed E-state index contributed by atoms with van der Waals surface area (Å²) in [4.78, 5) is 20.0. The number of carbonyl (C=O) groups is 1. The van der Waals surface area contributed by atoms with Crippen LogP contribution in [0.4, 0.5) is 5.13 Å². The lowest BCUT2D eigenvalue weighted by molar-refractivity contribution is 0.0741.